The molecule has 0 atom stereocenters. The lowest BCUT2D eigenvalue weighted by molar-refractivity contribution is -0.660. The van der Waals surface area contributed by atoms with Gasteiger partial charge >= 0.3 is 0 Å². The van der Waals surface area contributed by atoms with E-state index in [9.17, 15) is 0 Å². The van der Waals surface area contributed by atoms with Gasteiger partial charge in [-0.15, -0.1) is 0 Å². The molecule has 7 rings (SSSR count). The Morgan fingerprint density at radius 1 is 0.900 bits per heavy atom. The van der Waals surface area contributed by atoms with E-state index < -0.39 is 0 Å². The normalized spacial score (nSPS) is 18.9. The molecule has 0 unspecified atom stereocenters. The maximum Gasteiger partial charge on any atom is 0.227 e. The van der Waals surface area contributed by atoms with Crippen LogP contribution in [0.4, 0.5) is 0 Å². The molecule has 40 heavy (non-hydrogen) atoms. The summed E-state index contributed by atoms with van der Waals surface area (Å²) in [6.07, 6.45) is 12.7. The van der Waals surface area contributed by atoms with Crippen molar-refractivity contribution in [3.8, 4) is 11.3 Å². The van der Waals surface area contributed by atoms with Gasteiger partial charge in [-0.05, 0) is 71.3 Å². The molecule has 0 N–H and O–H groups in total. The second-order valence-corrected chi connectivity index (χ2v) is 14.1. The average molecular weight is 532 g/mol. The largest absolute Gasteiger partial charge is 0.437 e. The first-order valence-electron chi connectivity index (χ1n) is 15.4. The molecule has 3 aromatic heterocycles. The van der Waals surface area contributed by atoms with Gasteiger partial charge in [-0.3, -0.25) is 0 Å². The highest BCUT2D eigenvalue weighted by atomic mass is 16.3. The molecule has 3 heteroatoms. The van der Waals surface area contributed by atoms with Crippen LogP contribution >= 0.6 is 0 Å². The number of aromatic nitrogens is 2. The summed E-state index contributed by atoms with van der Waals surface area (Å²) in [4.78, 5) is 5.30. The van der Waals surface area contributed by atoms with Crippen LogP contribution in [-0.2, 0) is 24.3 Å². The lowest BCUT2D eigenvalue weighted by Gasteiger charge is -2.42. The quantitative estimate of drug-likeness (QED) is 0.217. The second kappa shape index (κ2) is 9.16. The Balaban J connectivity index is 1.42. The number of hydrogen-bond donors (Lipinski definition) is 0. The molecule has 0 spiro atoms. The summed E-state index contributed by atoms with van der Waals surface area (Å²) >= 11 is 0. The molecule has 2 aliphatic carbocycles. The maximum atomic E-state index is 6.76. The highest BCUT2D eigenvalue weighted by Gasteiger charge is 2.39. The Morgan fingerprint density at radius 2 is 1.68 bits per heavy atom. The number of rotatable bonds is 3. The average Bonchev–Trinajstić information content (AvgIpc) is 3.28. The van der Waals surface area contributed by atoms with E-state index >= 15 is 0 Å². The predicted octanol–water partition coefficient (Wildman–Crippen LogP) is 9.41. The number of fused-ring (bicyclic) bond motifs is 6. The molecule has 206 valence electrons. The van der Waals surface area contributed by atoms with Crippen molar-refractivity contribution in [2.75, 3.05) is 0 Å². The Bertz CT molecular complexity index is 1780. The number of aryl methyl sites for hydroxylation is 2. The molecule has 3 nitrogen and oxygen atoms in total. The van der Waals surface area contributed by atoms with Gasteiger partial charge in [-0.1, -0.05) is 84.1 Å². The van der Waals surface area contributed by atoms with Crippen molar-refractivity contribution in [2.45, 2.75) is 96.8 Å². The zero-order valence-corrected chi connectivity index (χ0v) is 25.2. The Labute approximate surface area is 238 Å². The van der Waals surface area contributed by atoms with Crippen LogP contribution < -0.4 is 4.57 Å². The van der Waals surface area contributed by atoms with Gasteiger partial charge in [0.05, 0.1) is 11.1 Å². The van der Waals surface area contributed by atoms with E-state index in [-0.39, 0.29) is 10.8 Å². The van der Waals surface area contributed by atoms with E-state index in [1.165, 1.54) is 90.3 Å². The number of nitrogens with zero attached hydrogens (tertiary/aromatic N) is 2. The standard InChI is InChI=1S/C37H43N2O/c1-23-12-14-27-28-22-26-13-15-29-32(37(4,5)18-17-36(29,2)3)33(26)38-35(28)40-34(27)31(23)30-21-25(16-19-39(30)6)20-24-10-8-7-9-11-24/h12-16,19,21-22,24H,7-11,17-18,20H2,1-6H3/q+1. The van der Waals surface area contributed by atoms with E-state index in [1.54, 1.807) is 0 Å². The number of furan rings is 1. The SMILES string of the molecule is Cc1ccc2c(oc3nc4c5c(ccc4cc32)C(C)(C)CCC5(C)C)c1-c1cc(CC2CCCCC2)cc[n+]1C. The molecular formula is C37H43N2O+. The van der Waals surface area contributed by atoms with Crippen molar-refractivity contribution < 1.29 is 8.98 Å². The fourth-order valence-corrected chi connectivity index (χ4v) is 7.76. The summed E-state index contributed by atoms with van der Waals surface area (Å²) < 4.78 is 9.01. The van der Waals surface area contributed by atoms with Crippen LogP contribution in [-0.4, -0.2) is 4.98 Å². The van der Waals surface area contributed by atoms with Crippen LogP contribution in [0.1, 0.15) is 94.9 Å². The summed E-state index contributed by atoms with van der Waals surface area (Å²) in [6.45, 7) is 11.7. The van der Waals surface area contributed by atoms with E-state index in [0.29, 0.717) is 0 Å². The van der Waals surface area contributed by atoms with Gasteiger partial charge in [0, 0.05) is 28.3 Å². The van der Waals surface area contributed by atoms with E-state index in [0.717, 1.165) is 33.5 Å². The summed E-state index contributed by atoms with van der Waals surface area (Å²) in [6, 6.07) is 16.2. The molecule has 0 aliphatic heterocycles. The van der Waals surface area contributed by atoms with Crippen molar-refractivity contribution in [1.29, 1.82) is 0 Å². The van der Waals surface area contributed by atoms with Gasteiger partial charge in [-0.25, -0.2) is 9.55 Å². The van der Waals surface area contributed by atoms with Gasteiger partial charge in [-0.2, -0.15) is 0 Å². The molecule has 0 bridgehead atoms. The molecule has 0 saturated heterocycles. The van der Waals surface area contributed by atoms with Gasteiger partial charge in [0.25, 0.3) is 0 Å². The van der Waals surface area contributed by atoms with Crippen LogP contribution in [0.3, 0.4) is 0 Å². The van der Waals surface area contributed by atoms with Gasteiger partial charge in [0.1, 0.15) is 7.05 Å². The lowest BCUT2D eigenvalue weighted by Crippen LogP contribution is -2.34. The molecular weight excluding hydrogens is 488 g/mol. The predicted molar refractivity (Wildman–Crippen MR) is 166 cm³/mol. The molecule has 1 saturated carbocycles. The topological polar surface area (TPSA) is 29.9 Å². The molecule has 0 radical (unpaired) electrons. The summed E-state index contributed by atoms with van der Waals surface area (Å²) in [7, 11) is 2.16. The summed E-state index contributed by atoms with van der Waals surface area (Å²) in [5.41, 5.74) is 11.0. The van der Waals surface area contributed by atoms with Gasteiger partial charge in [0.2, 0.25) is 11.4 Å². The van der Waals surface area contributed by atoms with E-state index in [4.69, 9.17) is 9.40 Å². The zero-order valence-electron chi connectivity index (χ0n) is 25.2. The summed E-state index contributed by atoms with van der Waals surface area (Å²) in [5, 5.41) is 3.47. The van der Waals surface area contributed by atoms with Crippen LogP contribution in [0.15, 0.2) is 53.1 Å². The van der Waals surface area contributed by atoms with Crippen molar-refractivity contribution in [3.05, 3.63) is 70.9 Å². The minimum absolute atomic E-state index is 0.0886. The molecule has 3 heterocycles. The van der Waals surface area contributed by atoms with Crippen LogP contribution in [0.5, 0.6) is 0 Å². The zero-order chi connectivity index (χ0) is 27.8. The van der Waals surface area contributed by atoms with E-state index in [2.05, 4.69) is 94.9 Å². The third-order valence-electron chi connectivity index (χ3n) is 10.3. The Kier molecular flexibility index (Phi) is 5.90. The monoisotopic (exact) mass is 531 g/mol. The lowest BCUT2D eigenvalue weighted by atomic mass is 9.62. The Morgan fingerprint density at radius 3 is 2.48 bits per heavy atom. The molecule has 2 aliphatic rings. The smallest absolute Gasteiger partial charge is 0.227 e. The second-order valence-electron chi connectivity index (χ2n) is 14.1. The van der Waals surface area contributed by atoms with Crippen molar-refractivity contribution >= 4 is 33.0 Å². The molecule has 5 aromatic rings. The maximum absolute atomic E-state index is 6.76. The number of pyridine rings is 2. The molecule has 2 aromatic carbocycles. The fourth-order valence-electron chi connectivity index (χ4n) is 7.76. The van der Waals surface area contributed by atoms with Crippen molar-refractivity contribution in [3.63, 3.8) is 0 Å². The Hall–Kier alpha value is -3.20. The van der Waals surface area contributed by atoms with Crippen LogP contribution in [0.25, 0.3) is 44.2 Å². The number of hydrogen-bond acceptors (Lipinski definition) is 2. The molecule has 1 fully saturated rings. The third kappa shape index (κ3) is 4.07. The third-order valence-corrected chi connectivity index (χ3v) is 10.3. The van der Waals surface area contributed by atoms with Gasteiger partial charge in [0.15, 0.2) is 11.8 Å². The fraction of sp³-hybridized carbons (Fsp3) is 0.459. The first-order chi connectivity index (χ1) is 19.1. The first kappa shape index (κ1) is 25.7. The first-order valence-corrected chi connectivity index (χ1v) is 15.4. The minimum Gasteiger partial charge on any atom is -0.437 e. The van der Waals surface area contributed by atoms with Crippen LogP contribution in [0, 0.1) is 12.8 Å². The van der Waals surface area contributed by atoms with Crippen molar-refractivity contribution in [2.24, 2.45) is 13.0 Å². The number of benzene rings is 2. The van der Waals surface area contributed by atoms with Crippen molar-refractivity contribution in [1.82, 2.24) is 4.98 Å². The highest BCUT2D eigenvalue weighted by Crippen LogP contribution is 2.49. The van der Waals surface area contributed by atoms with Crippen LogP contribution in [0.2, 0.25) is 0 Å². The minimum atomic E-state index is 0.0886. The molecule has 0 amide bonds. The summed E-state index contributed by atoms with van der Waals surface area (Å²) in [5.74, 6) is 0.814. The van der Waals surface area contributed by atoms with E-state index in [1.807, 2.05) is 0 Å². The van der Waals surface area contributed by atoms with Gasteiger partial charge < -0.3 is 4.42 Å². The highest BCUT2D eigenvalue weighted by molar-refractivity contribution is 6.11.